The van der Waals surface area contributed by atoms with Crippen LogP contribution in [0.5, 0.6) is 0 Å². The molecule has 0 amide bonds. The summed E-state index contributed by atoms with van der Waals surface area (Å²) in [6.07, 6.45) is 1.72. The van der Waals surface area contributed by atoms with Crippen LogP contribution < -0.4 is 0 Å². The van der Waals surface area contributed by atoms with Crippen LogP contribution in [0.4, 0.5) is 0 Å². The highest BCUT2D eigenvalue weighted by Crippen LogP contribution is 2.00. The van der Waals surface area contributed by atoms with Crippen molar-refractivity contribution < 1.29 is 14.8 Å². The number of carbonyl (C=O) groups is 1. The molecule has 0 radical (unpaired) electrons. The molecule has 0 unspecified atom stereocenters. The van der Waals surface area contributed by atoms with Gasteiger partial charge >= 0.3 is 5.97 Å². The first-order chi connectivity index (χ1) is 5.61. The molecular weight excluding hydrogens is 180 g/mol. The largest absolute Gasteiger partial charge is 0.410 e. The number of nitrogens with zero attached hydrogens (tertiary/aromatic N) is 2. The summed E-state index contributed by atoms with van der Waals surface area (Å²) in [5, 5.41) is 15.1. The third kappa shape index (κ3) is 3.97. The predicted octanol–water partition coefficient (Wildman–Crippen LogP) is 1.08. The van der Waals surface area contributed by atoms with Gasteiger partial charge in [-0.05, 0) is 13.2 Å². The van der Waals surface area contributed by atoms with Crippen molar-refractivity contribution in [2.45, 2.75) is 13.8 Å². The van der Waals surface area contributed by atoms with Gasteiger partial charge in [0.05, 0.1) is 0 Å². The van der Waals surface area contributed by atoms with Crippen LogP contribution in [0, 0.1) is 0 Å². The molecule has 0 rings (SSSR count). The van der Waals surface area contributed by atoms with Gasteiger partial charge in [-0.25, -0.2) is 4.79 Å². The highest BCUT2D eigenvalue weighted by molar-refractivity contribution is 8.15. The fourth-order valence-corrected chi connectivity index (χ4v) is 0.847. The number of oxime groups is 2. The summed E-state index contributed by atoms with van der Waals surface area (Å²) in [7, 11) is 0. The smallest absolute Gasteiger partial charge is 0.331 e. The second kappa shape index (κ2) is 5.59. The molecule has 0 spiro atoms. The van der Waals surface area contributed by atoms with Gasteiger partial charge in [-0.1, -0.05) is 10.3 Å². The minimum atomic E-state index is -0.507. The maximum absolute atomic E-state index is 10.3. The number of thioether (sulfide) groups is 1. The summed E-state index contributed by atoms with van der Waals surface area (Å²) in [6, 6.07) is 0. The Balaban J connectivity index is 4.25. The van der Waals surface area contributed by atoms with Gasteiger partial charge in [0.15, 0.2) is 5.04 Å². The minimum Gasteiger partial charge on any atom is -0.410 e. The quantitative estimate of drug-likeness (QED) is 0.232. The molecule has 6 heteroatoms. The molecule has 0 saturated carbocycles. The SMILES string of the molecule is CSC(=N/O)/C(C)=N\OC(C)=O. The van der Waals surface area contributed by atoms with Crippen molar-refractivity contribution in [3.05, 3.63) is 0 Å². The van der Waals surface area contributed by atoms with Gasteiger partial charge in [0.2, 0.25) is 0 Å². The van der Waals surface area contributed by atoms with Gasteiger partial charge in [-0.2, -0.15) is 0 Å². The van der Waals surface area contributed by atoms with Gasteiger partial charge in [-0.15, -0.1) is 11.8 Å². The molecule has 5 nitrogen and oxygen atoms in total. The van der Waals surface area contributed by atoms with Gasteiger partial charge in [-0.3, -0.25) is 0 Å². The third-order valence-electron chi connectivity index (χ3n) is 0.905. The van der Waals surface area contributed by atoms with E-state index in [1.165, 1.54) is 18.7 Å². The van der Waals surface area contributed by atoms with E-state index >= 15 is 0 Å². The minimum absolute atomic E-state index is 0.316. The molecule has 0 aliphatic carbocycles. The second-order valence-electron chi connectivity index (χ2n) is 1.87. The van der Waals surface area contributed by atoms with Gasteiger partial charge in [0, 0.05) is 6.92 Å². The summed E-state index contributed by atoms with van der Waals surface area (Å²) in [5.74, 6) is -0.507. The third-order valence-corrected chi connectivity index (χ3v) is 1.67. The fraction of sp³-hybridized carbons (Fsp3) is 0.500. The number of hydrogen-bond donors (Lipinski definition) is 1. The molecule has 0 aromatic carbocycles. The molecule has 0 atom stereocenters. The molecular formula is C6H10N2O3S. The molecule has 0 aliphatic heterocycles. The van der Waals surface area contributed by atoms with Crippen LogP contribution in [0.1, 0.15) is 13.8 Å². The maximum atomic E-state index is 10.3. The first-order valence-electron chi connectivity index (χ1n) is 3.10. The average molecular weight is 190 g/mol. The molecule has 0 aromatic rings. The van der Waals surface area contributed by atoms with Crippen molar-refractivity contribution in [2.75, 3.05) is 6.26 Å². The van der Waals surface area contributed by atoms with Crippen molar-refractivity contribution in [3.63, 3.8) is 0 Å². The Morgan fingerprint density at radius 3 is 2.42 bits per heavy atom. The topological polar surface area (TPSA) is 71.2 Å². The van der Waals surface area contributed by atoms with E-state index in [0.717, 1.165) is 0 Å². The standard InChI is InChI=1S/C6H10N2O3S/c1-4(6(7-10)12-3)8-11-5(2)9/h10H,1-3H3/b7-6+,8-4-. The summed E-state index contributed by atoms with van der Waals surface area (Å²) < 4.78 is 0. The normalized spacial score (nSPS) is 12.9. The molecule has 0 heterocycles. The van der Waals surface area contributed by atoms with E-state index in [2.05, 4.69) is 15.1 Å². The highest BCUT2D eigenvalue weighted by atomic mass is 32.2. The van der Waals surface area contributed by atoms with Crippen molar-refractivity contribution in [3.8, 4) is 0 Å². The molecule has 0 bridgehead atoms. The zero-order valence-electron chi connectivity index (χ0n) is 7.07. The van der Waals surface area contributed by atoms with E-state index < -0.39 is 5.97 Å². The van der Waals surface area contributed by atoms with Crippen molar-refractivity contribution >= 4 is 28.5 Å². The number of hydrogen-bond acceptors (Lipinski definition) is 6. The lowest BCUT2D eigenvalue weighted by molar-refractivity contribution is -0.140. The summed E-state index contributed by atoms with van der Waals surface area (Å²) in [4.78, 5) is 14.6. The zero-order chi connectivity index (χ0) is 9.56. The highest BCUT2D eigenvalue weighted by Gasteiger charge is 2.03. The molecule has 12 heavy (non-hydrogen) atoms. The van der Waals surface area contributed by atoms with Crippen LogP contribution in [0.15, 0.2) is 10.3 Å². The van der Waals surface area contributed by atoms with Crippen LogP contribution in [0.25, 0.3) is 0 Å². The van der Waals surface area contributed by atoms with E-state index in [0.29, 0.717) is 10.8 Å². The Morgan fingerprint density at radius 1 is 1.50 bits per heavy atom. The van der Waals surface area contributed by atoms with Crippen LogP contribution in [-0.2, 0) is 9.63 Å². The Kier molecular flexibility index (Phi) is 5.11. The summed E-state index contributed by atoms with van der Waals surface area (Å²) in [6.45, 7) is 2.82. The molecule has 0 aliphatic rings. The zero-order valence-corrected chi connectivity index (χ0v) is 7.88. The van der Waals surface area contributed by atoms with E-state index in [1.807, 2.05) is 0 Å². The Hall–Kier alpha value is -1.04. The van der Waals surface area contributed by atoms with Gasteiger partial charge in [0.1, 0.15) is 5.71 Å². The Bertz CT molecular complexity index is 225. The lowest BCUT2D eigenvalue weighted by Gasteiger charge is -1.97. The maximum Gasteiger partial charge on any atom is 0.331 e. The molecule has 0 saturated heterocycles. The van der Waals surface area contributed by atoms with E-state index in [4.69, 9.17) is 5.21 Å². The van der Waals surface area contributed by atoms with Gasteiger partial charge < -0.3 is 10.0 Å². The van der Waals surface area contributed by atoms with Crippen molar-refractivity contribution in [1.29, 1.82) is 0 Å². The van der Waals surface area contributed by atoms with Gasteiger partial charge in [0.25, 0.3) is 0 Å². The van der Waals surface area contributed by atoms with Crippen molar-refractivity contribution in [2.24, 2.45) is 10.3 Å². The number of carbonyl (C=O) groups excluding carboxylic acids is 1. The fourth-order valence-electron chi connectivity index (χ4n) is 0.433. The lowest BCUT2D eigenvalue weighted by atomic mass is 10.5. The van der Waals surface area contributed by atoms with E-state index in [1.54, 1.807) is 13.2 Å². The first kappa shape index (κ1) is 11.0. The van der Waals surface area contributed by atoms with Crippen LogP contribution in [0.2, 0.25) is 0 Å². The molecule has 68 valence electrons. The van der Waals surface area contributed by atoms with Crippen LogP contribution >= 0.6 is 11.8 Å². The monoisotopic (exact) mass is 190 g/mol. The first-order valence-corrected chi connectivity index (χ1v) is 4.33. The number of rotatable bonds is 2. The Morgan fingerprint density at radius 2 is 2.08 bits per heavy atom. The van der Waals surface area contributed by atoms with E-state index in [9.17, 15) is 4.79 Å². The average Bonchev–Trinajstić information content (AvgIpc) is 2.03. The predicted molar refractivity (Wildman–Crippen MR) is 47.6 cm³/mol. The molecule has 0 aromatic heterocycles. The molecule has 1 N–H and O–H groups in total. The molecule has 0 fully saturated rings. The summed E-state index contributed by atoms with van der Waals surface area (Å²) >= 11 is 1.21. The van der Waals surface area contributed by atoms with Crippen LogP contribution in [0.3, 0.4) is 0 Å². The van der Waals surface area contributed by atoms with E-state index in [-0.39, 0.29) is 0 Å². The lowest BCUT2D eigenvalue weighted by Crippen LogP contribution is -2.07. The van der Waals surface area contributed by atoms with Crippen molar-refractivity contribution in [1.82, 2.24) is 0 Å². The Labute approximate surface area is 74.5 Å². The van der Waals surface area contributed by atoms with Crippen LogP contribution in [-0.4, -0.2) is 28.2 Å². The summed E-state index contributed by atoms with van der Waals surface area (Å²) in [5.41, 5.74) is 0.361. The second-order valence-corrected chi connectivity index (χ2v) is 2.66.